The maximum Gasteiger partial charge on any atom is 0.387 e. The summed E-state index contributed by atoms with van der Waals surface area (Å²) in [6.07, 6.45) is 2.14. The van der Waals surface area contributed by atoms with Gasteiger partial charge in [-0.3, -0.25) is 9.48 Å². The van der Waals surface area contributed by atoms with Crippen molar-refractivity contribution in [2.75, 3.05) is 5.32 Å². The smallest absolute Gasteiger partial charge is 0.387 e. The fourth-order valence-electron chi connectivity index (χ4n) is 3.15. The summed E-state index contributed by atoms with van der Waals surface area (Å²) in [5.74, 6) is 0.137. The molecular formula is C19H18F2N4O2. The minimum atomic E-state index is -2.88. The van der Waals surface area contributed by atoms with Crippen molar-refractivity contribution in [1.29, 1.82) is 0 Å². The summed E-state index contributed by atoms with van der Waals surface area (Å²) in [7, 11) is 1.81. The van der Waals surface area contributed by atoms with Crippen molar-refractivity contribution < 1.29 is 18.3 Å². The zero-order chi connectivity index (χ0) is 19.1. The topological polar surface area (TPSA) is 69.0 Å². The lowest BCUT2D eigenvalue weighted by molar-refractivity contribution is -0.0498. The summed E-state index contributed by atoms with van der Waals surface area (Å²) in [6, 6.07) is 7.64. The number of nitrogens with zero attached hydrogens (tertiary/aromatic N) is 3. The number of amides is 1. The van der Waals surface area contributed by atoms with Gasteiger partial charge in [-0.05, 0) is 50.1 Å². The maximum atomic E-state index is 12.9. The first kappa shape index (κ1) is 17.4. The number of hydrogen-bond donors (Lipinski definition) is 1. The molecule has 6 nitrogen and oxygen atoms in total. The number of rotatable bonds is 5. The first-order valence-corrected chi connectivity index (χ1v) is 8.63. The molecular weight excluding hydrogens is 354 g/mol. The van der Waals surface area contributed by atoms with Gasteiger partial charge in [0.05, 0.1) is 16.6 Å². The predicted octanol–water partition coefficient (Wildman–Crippen LogP) is 4.01. The molecule has 1 amide bonds. The molecule has 1 aliphatic rings. The van der Waals surface area contributed by atoms with Crippen molar-refractivity contribution in [1.82, 2.24) is 14.8 Å². The number of fused-ring (bicyclic) bond motifs is 1. The number of ether oxygens (including phenoxy) is 1. The third-order valence-corrected chi connectivity index (χ3v) is 4.57. The average Bonchev–Trinajstić information content (AvgIpc) is 3.42. The molecule has 0 bridgehead atoms. The van der Waals surface area contributed by atoms with Crippen LogP contribution >= 0.6 is 0 Å². The Balaban J connectivity index is 1.66. The van der Waals surface area contributed by atoms with Gasteiger partial charge < -0.3 is 10.1 Å². The molecule has 140 valence electrons. The Hall–Kier alpha value is -3.03. The molecule has 2 heterocycles. The quantitative estimate of drug-likeness (QED) is 0.735. The predicted molar refractivity (Wildman–Crippen MR) is 96.2 cm³/mol. The highest BCUT2D eigenvalue weighted by Crippen LogP contribution is 2.40. The molecule has 2 aromatic heterocycles. The fraction of sp³-hybridized carbons (Fsp3) is 0.316. The third kappa shape index (κ3) is 3.47. The molecule has 1 fully saturated rings. The van der Waals surface area contributed by atoms with E-state index in [0.29, 0.717) is 22.8 Å². The number of alkyl halides is 2. The SMILES string of the molecule is Cc1nn(C)c2nc(C3CC3)cc(C(=O)Nc3ccc(OC(F)F)cc3)c12. The van der Waals surface area contributed by atoms with Crippen molar-refractivity contribution in [3.8, 4) is 5.75 Å². The Labute approximate surface area is 154 Å². The van der Waals surface area contributed by atoms with E-state index in [4.69, 9.17) is 0 Å². The second-order valence-electron chi connectivity index (χ2n) is 6.63. The van der Waals surface area contributed by atoms with Gasteiger partial charge in [-0.15, -0.1) is 0 Å². The third-order valence-electron chi connectivity index (χ3n) is 4.57. The van der Waals surface area contributed by atoms with Gasteiger partial charge in [0, 0.05) is 24.3 Å². The van der Waals surface area contributed by atoms with E-state index in [1.54, 1.807) is 4.68 Å². The van der Waals surface area contributed by atoms with E-state index in [9.17, 15) is 13.6 Å². The standard InChI is InChI=1S/C19H18F2N4O2/c1-10-16-14(9-15(11-3-4-11)23-17(16)25(2)24-10)18(26)22-12-5-7-13(8-6-12)27-19(20)21/h5-9,11,19H,3-4H2,1-2H3,(H,22,26). The number of carbonyl (C=O) groups is 1. The molecule has 1 saturated carbocycles. The van der Waals surface area contributed by atoms with Gasteiger partial charge in [0.15, 0.2) is 5.65 Å². The second-order valence-corrected chi connectivity index (χ2v) is 6.63. The van der Waals surface area contributed by atoms with E-state index in [1.165, 1.54) is 24.3 Å². The summed E-state index contributed by atoms with van der Waals surface area (Å²) in [5.41, 5.74) is 3.31. The molecule has 0 spiro atoms. The van der Waals surface area contributed by atoms with E-state index in [2.05, 4.69) is 20.1 Å². The number of anilines is 1. The largest absolute Gasteiger partial charge is 0.435 e. The molecule has 1 aliphatic carbocycles. The number of nitrogens with one attached hydrogen (secondary N) is 1. The van der Waals surface area contributed by atoms with E-state index in [-0.39, 0.29) is 11.7 Å². The first-order chi connectivity index (χ1) is 12.9. The van der Waals surface area contributed by atoms with Crippen LogP contribution in [0.2, 0.25) is 0 Å². The van der Waals surface area contributed by atoms with Crippen LogP contribution in [-0.4, -0.2) is 27.3 Å². The van der Waals surface area contributed by atoms with E-state index >= 15 is 0 Å². The van der Waals surface area contributed by atoms with E-state index in [0.717, 1.165) is 29.6 Å². The first-order valence-electron chi connectivity index (χ1n) is 8.63. The Morgan fingerprint density at radius 1 is 1.30 bits per heavy atom. The van der Waals surface area contributed by atoms with Gasteiger partial charge in [0.2, 0.25) is 0 Å². The van der Waals surface area contributed by atoms with Gasteiger partial charge in [0.25, 0.3) is 5.91 Å². The zero-order valence-corrected chi connectivity index (χ0v) is 14.9. The number of halogens is 2. The molecule has 0 unspecified atom stereocenters. The van der Waals surface area contributed by atoms with Crippen molar-refractivity contribution in [3.63, 3.8) is 0 Å². The molecule has 0 atom stereocenters. The minimum Gasteiger partial charge on any atom is -0.435 e. The van der Waals surface area contributed by atoms with Crippen LogP contribution in [0.4, 0.5) is 14.5 Å². The van der Waals surface area contributed by atoms with Crippen LogP contribution in [0.3, 0.4) is 0 Å². The van der Waals surface area contributed by atoms with Crippen LogP contribution in [0.1, 0.15) is 40.5 Å². The lowest BCUT2D eigenvalue weighted by Gasteiger charge is -2.10. The normalized spacial score (nSPS) is 14.0. The highest BCUT2D eigenvalue weighted by Gasteiger charge is 2.28. The highest BCUT2D eigenvalue weighted by atomic mass is 19.3. The van der Waals surface area contributed by atoms with Crippen LogP contribution in [0.5, 0.6) is 5.75 Å². The number of pyridine rings is 1. The molecule has 0 aliphatic heterocycles. The molecule has 3 aromatic rings. The van der Waals surface area contributed by atoms with Gasteiger partial charge in [-0.1, -0.05) is 0 Å². The summed E-state index contributed by atoms with van der Waals surface area (Å²) >= 11 is 0. The summed E-state index contributed by atoms with van der Waals surface area (Å²) in [6.45, 7) is -1.04. The van der Waals surface area contributed by atoms with Crippen molar-refractivity contribution in [3.05, 3.63) is 47.3 Å². The van der Waals surface area contributed by atoms with Gasteiger partial charge in [0.1, 0.15) is 5.75 Å². The Morgan fingerprint density at radius 3 is 2.63 bits per heavy atom. The van der Waals surface area contributed by atoms with Crippen LogP contribution in [-0.2, 0) is 7.05 Å². The van der Waals surface area contributed by atoms with E-state index < -0.39 is 6.61 Å². The van der Waals surface area contributed by atoms with Gasteiger partial charge >= 0.3 is 6.61 Å². The van der Waals surface area contributed by atoms with Crippen molar-refractivity contribution in [2.45, 2.75) is 32.3 Å². The van der Waals surface area contributed by atoms with Crippen LogP contribution < -0.4 is 10.1 Å². The number of hydrogen-bond acceptors (Lipinski definition) is 4. The number of aryl methyl sites for hydroxylation is 2. The molecule has 4 rings (SSSR count). The maximum absolute atomic E-state index is 12.9. The van der Waals surface area contributed by atoms with Gasteiger partial charge in [-0.25, -0.2) is 4.98 Å². The molecule has 27 heavy (non-hydrogen) atoms. The number of benzene rings is 1. The average molecular weight is 372 g/mol. The van der Waals surface area contributed by atoms with Crippen molar-refractivity contribution >= 4 is 22.6 Å². The molecule has 1 N–H and O–H groups in total. The fourth-order valence-corrected chi connectivity index (χ4v) is 3.15. The summed E-state index contributed by atoms with van der Waals surface area (Å²) in [5, 5.41) is 7.91. The van der Waals surface area contributed by atoms with Crippen LogP contribution in [0.25, 0.3) is 11.0 Å². The zero-order valence-electron chi connectivity index (χ0n) is 14.9. The number of aromatic nitrogens is 3. The van der Waals surface area contributed by atoms with Crippen molar-refractivity contribution in [2.24, 2.45) is 7.05 Å². The van der Waals surface area contributed by atoms with Crippen LogP contribution in [0, 0.1) is 6.92 Å². The molecule has 0 radical (unpaired) electrons. The number of carbonyl (C=O) groups excluding carboxylic acids is 1. The monoisotopic (exact) mass is 372 g/mol. The summed E-state index contributed by atoms with van der Waals surface area (Å²) < 4.78 is 30.5. The molecule has 0 saturated heterocycles. The Kier molecular flexibility index (Phi) is 4.25. The second kappa shape index (κ2) is 6.61. The summed E-state index contributed by atoms with van der Waals surface area (Å²) in [4.78, 5) is 17.6. The Morgan fingerprint density at radius 2 is 2.00 bits per heavy atom. The minimum absolute atomic E-state index is 0.0356. The highest BCUT2D eigenvalue weighted by molar-refractivity contribution is 6.12. The lowest BCUT2D eigenvalue weighted by Crippen LogP contribution is -2.13. The van der Waals surface area contributed by atoms with Crippen LogP contribution in [0.15, 0.2) is 30.3 Å². The lowest BCUT2D eigenvalue weighted by atomic mass is 10.1. The molecule has 8 heteroatoms. The Bertz CT molecular complexity index is 1010. The van der Waals surface area contributed by atoms with E-state index in [1.807, 2.05) is 20.0 Å². The molecule has 1 aromatic carbocycles. The van der Waals surface area contributed by atoms with Gasteiger partial charge in [-0.2, -0.15) is 13.9 Å².